The Hall–Kier alpha value is -0.640. The fourth-order valence-electron chi connectivity index (χ4n) is 1.40. The summed E-state index contributed by atoms with van der Waals surface area (Å²) in [5.74, 6) is -0.250. The topological polar surface area (TPSA) is 23.5 Å². The van der Waals surface area contributed by atoms with Gasteiger partial charge >= 0.3 is 0 Å². The zero-order valence-corrected chi connectivity index (χ0v) is 11.5. The van der Waals surface area contributed by atoms with Gasteiger partial charge in [0, 0.05) is 17.1 Å². The second-order valence-electron chi connectivity index (χ2n) is 5.02. The molecule has 1 aromatic rings. The third-order valence-electron chi connectivity index (χ3n) is 3.16. The zero-order valence-electron chi connectivity index (χ0n) is 10.7. The molecule has 0 fully saturated rings. The first-order valence-corrected chi connectivity index (χ1v) is 5.92. The average Bonchev–Trinajstić information content (AvgIpc) is 2.25. The summed E-state index contributed by atoms with van der Waals surface area (Å²) >= 11 is 6.08. The van der Waals surface area contributed by atoms with Gasteiger partial charge in [-0.1, -0.05) is 11.6 Å². The summed E-state index contributed by atoms with van der Waals surface area (Å²) in [6.07, 6.45) is 0. The van der Waals surface area contributed by atoms with Crippen molar-refractivity contribution in [1.29, 1.82) is 0 Å². The number of hydrogen-bond acceptors (Lipinski definition) is 2. The number of aliphatic hydroxyl groups is 1. The first-order valence-electron chi connectivity index (χ1n) is 5.54. The van der Waals surface area contributed by atoms with Gasteiger partial charge in [0.05, 0.1) is 6.61 Å². The molecule has 0 aliphatic heterocycles. The minimum Gasteiger partial charge on any atom is -0.394 e. The fourth-order valence-corrected chi connectivity index (χ4v) is 1.68. The van der Waals surface area contributed by atoms with Crippen molar-refractivity contribution >= 4 is 11.6 Å². The molecule has 2 nitrogen and oxygen atoms in total. The Morgan fingerprint density at radius 2 is 2.00 bits per heavy atom. The van der Waals surface area contributed by atoms with E-state index < -0.39 is 0 Å². The molecule has 0 saturated carbocycles. The minimum atomic E-state index is -0.356. The Bertz CT molecular complexity index is 407. The molecule has 0 radical (unpaired) electrons. The molecular formula is C13H19ClFNO. The molecule has 1 rings (SSSR count). The third kappa shape index (κ3) is 3.41. The van der Waals surface area contributed by atoms with Crippen LogP contribution < -0.4 is 0 Å². The summed E-state index contributed by atoms with van der Waals surface area (Å²) in [6, 6.07) is 3.09. The van der Waals surface area contributed by atoms with Crippen molar-refractivity contribution in [3.63, 3.8) is 0 Å². The van der Waals surface area contributed by atoms with Crippen LogP contribution in [-0.2, 0) is 6.54 Å². The Morgan fingerprint density at radius 1 is 1.41 bits per heavy atom. The van der Waals surface area contributed by atoms with E-state index in [2.05, 4.69) is 0 Å². The first kappa shape index (κ1) is 14.4. The molecule has 0 spiro atoms. The Kier molecular flexibility index (Phi) is 4.53. The number of halogens is 2. The van der Waals surface area contributed by atoms with Crippen molar-refractivity contribution in [1.82, 2.24) is 4.90 Å². The molecule has 1 aromatic carbocycles. The van der Waals surface area contributed by atoms with Crippen LogP contribution in [0.4, 0.5) is 4.39 Å². The largest absolute Gasteiger partial charge is 0.394 e. The van der Waals surface area contributed by atoms with Crippen LogP contribution in [0.25, 0.3) is 0 Å². The van der Waals surface area contributed by atoms with Crippen LogP contribution in [0.5, 0.6) is 0 Å². The van der Waals surface area contributed by atoms with Gasteiger partial charge in [0.25, 0.3) is 0 Å². The van der Waals surface area contributed by atoms with Gasteiger partial charge in [0.2, 0.25) is 0 Å². The van der Waals surface area contributed by atoms with Crippen molar-refractivity contribution in [2.24, 2.45) is 0 Å². The van der Waals surface area contributed by atoms with E-state index in [4.69, 9.17) is 11.6 Å². The summed E-state index contributed by atoms with van der Waals surface area (Å²) in [5.41, 5.74) is 0.923. The molecular weight excluding hydrogens is 241 g/mol. The van der Waals surface area contributed by atoms with E-state index in [-0.39, 0.29) is 18.0 Å². The number of benzene rings is 1. The molecule has 0 unspecified atom stereocenters. The van der Waals surface area contributed by atoms with Gasteiger partial charge in [-0.2, -0.15) is 0 Å². The lowest BCUT2D eigenvalue weighted by Crippen LogP contribution is -2.43. The Balaban J connectivity index is 2.93. The van der Waals surface area contributed by atoms with Crippen molar-refractivity contribution < 1.29 is 9.50 Å². The summed E-state index contributed by atoms with van der Waals surface area (Å²) in [5, 5.41) is 9.82. The molecule has 0 bridgehead atoms. The standard InChI is InChI=1S/C13H19ClFNO/c1-9-5-11(14)10(6-12(9)15)7-16(4)13(2,3)8-17/h5-6,17H,7-8H2,1-4H3. The number of aliphatic hydroxyl groups excluding tert-OH is 1. The lowest BCUT2D eigenvalue weighted by Gasteiger charge is -2.34. The van der Waals surface area contributed by atoms with Gasteiger partial charge in [-0.15, -0.1) is 0 Å². The van der Waals surface area contributed by atoms with Crippen LogP contribution in [0.2, 0.25) is 5.02 Å². The van der Waals surface area contributed by atoms with Crippen LogP contribution in [0.1, 0.15) is 25.0 Å². The maximum atomic E-state index is 13.5. The first-order chi connectivity index (χ1) is 7.77. The highest BCUT2D eigenvalue weighted by molar-refractivity contribution is 6.31. The van der Waals surface area contributed by atoms with Crippen molar-refractivity contribution in [2.45, 2.75) is 32.9 Å². The van der Waals surface area contributed by atoms with Crippen LogP contribution in [0, 0.1) is 12.7 Å². The summed E-state index contributed by atoms with van der Waals surface area (Å²) in [6.45, 7) is 6.07. The zero-order chi connectivity index (χ0) is 13.2. The van der Waals surface area contributed by atoms with E-state index in [0.29, 0.717) is 17.1 Å². The highest BCUT2D eigenvalue weighted by Crippen LogP contribution is 2.24. The molecule has 0 aliphatic rings. The van der Waals surface area contributed by atoms with Gasteiger partial charge in [0.1, 0.15) is 5.82 Å². The molecule has 0 heterocycles. The molecule has 1 N–H and O–H groups in total. The number of rotatable bonds is 4. The quantitative estimate of drug-likeness (QED) is 0.899. The van der Waals surface area contributed by atoms with E-state index in [1.807, 2.05) is 25.8 Å². The Morgan fingerprint density at radius 3 is 2.53 bits per heavy atom. The summed E-state index contributed by atoms with van der Waals surface area (Å²) in [7, 11) is 1.88. The molecule has 0 atom stereocenters. The monoisotopic (exact) mass is 259 g/mol. The molecule has 4 heteroatoms. The number of hydrogen-bond donors (Lipinski definition) is 1. The number of likely N-dealkylation sites (N-methyl/N-ethyl adjacent to an activating group) is 1. The predicted molar refractivity (Wildman–Crippen MR) is 68.8 cm³/mol. The van der Waals surface area contributed by atoms with Gasteiger partial charge in [-0.05, 0) is 51.1 Å². The molecule has 17 heavy (non-hydrogen) atoms. The fraction of sp³-hybridized carbons (Fsp3) is 0.538. The van der Waals surface area contributed by atoms with E-state index in [1.165, 1.54) is 6.07 Å². The van der Waals surface area contributed by atoms with Gasteiger partial charge < -0.3 is 5.11 Å². The smallest absolute Gasteiger partial charge is 0.126 e. The highest BCUT2D eigenvalue weighted by atomic mass is 35.5. The van der Waals surface area contributed by atoms with Crippen LogP contribution in [-0.4, -0.2) is 29.2 Å². The average molecular weight is 260 g/mol. The van der Waals surface area contributed by atoms with Crippen molar-refractivity contribution in [3.8, 4) is 0 Å². The van der Waals surface area contributed by atoms with E-state index in [0.717, 1.165) is 5.56 Å². The van der Waals surface area contributed by atoms with Gasteiger partial charge in [-0.3, -0.25) is 4.90 Å². The highest BCUT2D eigenvalue weighted by Gasteiger charge is 2.23. The minimum absolute atomic E-state index is 0.0372. The molecule has 0 aromatic heterocycles. The maximum absolute atomic E-state index is 13.5. The maximum Gasteiger partial charge on any atom is 0.126 e. The summed E-state index contributed by atoms with van der Waals surface area (Å²) in [4.78, 5) is 1.95. The molecule has 0 saturated heterocycles. The van der Waals surface area contributed by atoms with E-state index in [1.54, 1.807) is 13.0 Å². The number of nitrogens with zero attached hydrogens (tertiary/aromatic N) is 1. The van der Waals surface area contributed by atoms with Crippen molar-refractivity contribution in [3.05, 3.63) is 34.1 Å². The third-order valence-corrected chi connectivity index (χ3v) is 3.51. The van der Waals surface area contributed by atoms with Crippen LogP contribution >= 0.6 is 11.6 Å². The van der Waals surface area contributed by atoms with Crippen LogP contribution in [0.15, 0.2) is 12.1 Å². The van der Waals surface area contributed by atoms with Crippen LogP contribution in [0.3, 0.4) is 0 Å². The molecule has 0 amide bonds. The second-order valence-corrected chi connectivity index (χ2v) is 5.43. The molecule has 96 valence electrons. The molecule has 0 aliphatic carbocycles. The van der Waals surface area contributed by atoms with Gasteiger partial charge in [0.15, 0.2) is 0 Å². The lowest BCUT2D eigenvalue weighted by molar-refractivity contribution is 0.0733. The SMILES string of the molecule is Cc1cc(Cl)c(CN(C)C(C)(C)CO)cc1F. The lowest BCUT2D eigenvalue weighted by atomic mass is 10.0. The van der Waals surface area contributed by atoms with Gasteiger partial charge in [-0.25, -0.2) is 4.39 Å². The van der Waals surface area contributed by atoms with E-state index in [9.17, 15) is 9.50 Å². The number of aryl methyl sites for hydroxylation is 1. The Labute approximate surface area is 107 Å². The van der Waals surface area contributed by atoms with Crippen molar-refractivity contribution in [2.75, 3.05) is 13.7 Å². The normalized spacial score (nSPS) is 12.2. The predicted octanol–water partition coefficient (Wildman–Crippen LogP) is 2.99. The second kappa shape index (κ2) is 5.34. The summed E-state index contributed by atoms with van der Waals surface area (Å²) < 4.78 is 13.5. The van der Waals surface area contributed by atoms with E-state index >= 15 is 0 Å².